The van der Waals surface area contributed by atoms with Gasteiger partial charge in [-0.05, 0) is 55.9 Å². The Morgan fingerprint density at radius 3 is 1.78 bits per heavy atom. The Labute approximate surface area is 158 Å². The Kier molecular flexibility index (Phi) is 6.30. The molecular weight excluding hydrogens is 370 g/mol. The first kappa shape index (κ1) is 18.9. The molecule has 0 fully saturated rings. The van der Waals surface area contributed by atoms with Gasteiger partial charge in [0.05, 0.1) is 20.1 Å². The second-order valence-electron chi connectivity index (χ2n) is 5.99. The van der Waals surface area contributed by atoms with Gasteiger partial charge in [-0.25, -0.2) is 0 Å². The fourth-order valence-electron chi connectivity index (χ4n) is 3.10. The standard InChI is InChI=1S/C19H20Cl4/c1-5-6-7-13-15(17(21)19(23)18(22)16(13)20)14-11(3)8-10(2)9-12(14)4/h8-9H,5-7H2,1-4H3. The lowest BCUT2D eigenvalue weighted by molar-refractivity contribution is 0.796. The molecule has 0 saturated heterocycles. The summed E-state index contributed by atoms with van der Waals surface area (Å²) in [6.45, 7) is 8.41. The van der Waals surface area contributed by atoms with Gasteiger partial charge in [0, 0.05) is 5.56 Å². The van der Waals surface area contributed by atoms with E-state index in [9.17, 15) is 0 Å². The SMILES string of the molecule is CCCCc1c(Cl)c(Cl)c(Cl)c(Cl)c1-c1c(C)cc(C)cc1C. The molecule has 0 aliphatic carbocycles. The molecular formula is C19H20Cl4. The van der Waals surface area contributed by atoms with Crippen molar-refractivity contribution in [1.82, 2.24) is 0 Å². The maximum atomic E-state index is 6.60. The number of hydrogen-bond donors (Lipinski definition) is 0. The Hall–Kier alpha value is -0.400. The quantitative estimate of drug-likeness (QED) is 0.364. The van der Waals surface area contributed by atoms with Gasteiger partial charge in [0.2, 0.25) is 0 Å². The minimum atomic E-state index is 0.327. The van der Waals surface area contributed by atoms with E-state index in [1.807, 2.05) is 0 Å². The van der Waals surface area contributed by atoms with Crippen molar-refractivity contribution >= 4 is 46.4 Å². The monoisotopic (exact) mass is 388 g/mol. The van der Waals surface area contributed by atoms with Crippen LogP contribution in [-0.2, 0) is 6.42 Å². The summed E-state index contributed by atoms with van der Waals surface area (Å²) < 4.78 is 0. The lowest BCUT2D eigenvalue weighted by Crippen LogP contribution is -1.99. The third kappa shape index (κ3) is 3.66. The summed E-state index contributed by atoms with van der Waals surface area (Å²) in [7, 11) is 0. The summed E-state index contributed by atoms with van der Waals surface area (Å²) in [6.07, 6.45) is 2.92. The van der Waals surface area contributed by atoms with Crippen LogP contribution in [0, 0.1) is 20.8 Å². The molecule has 0 bridgehead atoms. The molecule has 0 amide bonds. The van der Waals surface area contributed by atoms with Crippen molar-refractivity contribution in [3.8, 4) is 11.1 Å². The van der Waals surface area contributed by atoms with Gasteiger partial charge in [0.1, 0.15) is 0 Å². The van der Waals surface area contributed by atoms with Gasteiger partial charge < -0.3 is 0 Å². The van der Waals surface area contributed by atoms with Crippen molar-refractivity contribution in [3.63, 3.8) is 0 Å². The first-order valence-corrected chi connectivity index (χ1v) is 9.23. The van der Waals surface area contributed by atoms with Crippen LogP contribution in [0.15, 0.2) is 12.1 Å². The number of rotatable bonds is 4. The van der Waals surface area contributed by atoms with Gasteiger partial charge in [-0.15, -0.1) is 0 Å². The summed E-state index contributed by atoms with van der Waals surface area (Å²) in [5, 5.41) is 1.68. The summed E-state index contributed by atoms with van der Waals surface area (Å²) in [4.78, 5) is 0. The fraction of sp³-hybridized carbons (Fsp3) is 0.368. The second-order valence-corrected chi connectivity index (χ2v) is 7.50. The second kappa shape index (κ2) is 7.66. The van der Waals surface area contributed by atoms with Crippen molar-refractivity contribution in [3.05, 3.63) is 54.5 Å². The van der Waals surface area contributed by atoms with Crippen molar-refractivity contribution in [2.24, 2.45) is 0 Å². The van der Waals surface area contributed by atoms with Crippen LogP contribution < -0.4 is 0 Å². The van der Waals surface area contributed by atoms with E-state index < -0.39 is 0 Å². The highest BCUT2D eigenvalue weighted by molar-refractivity contribution is 6.53. The zero-order valence-electron chi connectivity index (χ0n) is 13.8. The fourth-order valence-corrected chi connectivity index (χ4v) is 4.18. The van der Waals surface area contributed by atoms with Gasteiger partial charge in [-0.3, -0.25) is 0 Å². The molecule has 2 rings (SSSR count). The molecule has 2 aromatic carbocycles. The van der Waals surface area contributed by atoms with Crippen molar-refractivity contribution in [2.45, 2.75) is 47.0 Å². The van der Waals surface area contributed by atoms with E-state index in [2.05, 4.69) is 39.8 Å². The van der Waals surface area contributed by atoms with Crippen LogP contribution in [0.25, 0.3) is 11.1 Å². The smallest absolute Gasteiger partial charge is 0.0800 e. The third-order valence-corrected chi connectivity index (χ3v) is 5.91. The molecule has 2 aromatic rings. The number of unbranched alkanes of at least 4 members (excludes halogenated alkanes) is 1. The average Bonchev–Trinajstić information content (AvgIpc) is 2.48. The molecule has 4 heteroatoms. The Morgan fingerprint density at radius 1 is 0.739 bits per heavy atom. The van der Waals surface area contributed by atoms with Crippen LogP contribution in [-0.4, -0.2) is 0 Å². The molecule has 0 aliphatic heterocycles. The first-order chi connectivity index (χ1) is 10.8. The molecule has 0 spiro atoms. The van der Waals surface area contributed by atoms with E-state index in [1.165, 1.54) is 5.56 Å². The molecule has 0 heterocycles. The molecule has 0 radical (unpaired) electrons. The molecule has 0 atom stereocenters. The van der Waals surface area contributed by atoms with Crippen molar-refractivity contribution < 1.29 is 0 Å². The van der Waals surface area contributed by atoms with Crippen LogP contribution in [0.3, 0.4) is 0 Å². The van der Waals surface area contributed by atoms with Crippen LogP contribution in [0.4, 0.5) is 0 Å². The van der Waals surface area contributed by atoms with E-state index >= 15 is 0 Å². The normalized spacial score (nSPS) is 11.1. The third-order valence-electron chi connectivity index (χ3n) is 4.07. The summed E-state index contributed by atoms with van der Waals surface area (Å²) in [5.41, 5.74) is 6.57. The van der Waals surface area contributed by atoms with Gasteiger partial charge in [0.25, 0.3) is 0 Å². The van der Waals surface area contributed by atoms with E-state index in [-0.39, 0.29) is 0 Å². The average molecular weight is 390 g/mol. The number of aryl methyl sites for hydroxylation is 3. The molecule has 0 unspecified atom stereocenters. The molecule has 0 saturated carbocycles. The minimum Gasteiger partial charge on any atom is -0.0823 e. The Bertz CT molecular complexity index is 725. The maximum Gasteiger partial charge on any atom is 0.0800 e. The molecule has 0 aromatic heterocycles. The van der Waals surface area contributed by atoms with Gasteiger partial charge in [-0.1, -0.05) is 77.4 Å². The topological polar surface area (TPSA) is 0 Å². The number of halogens is 4. The largest absolute Gasteiger partial charge is 0.0823 e. The highest BCUT2D eigenvalue weighted by atomic mass is 35.5. The zero-order chi connectivity index (χ0) is 17.3. The van der Waals surface area contributed by atoms with Crippen LogP contribution in [0.5, 0.6) is 0 Å². The summed E-state index contributed by atoms with van der Waals surface area (Å²) in [5.74, 6) is 0. The van der Waals surface area contributed by atoms with Gasteiger partial charge in [0.15, 0.2) is 0 Å². The predicted octanol–water partition coefficient (Wildman–Crippen LogP) is 8.24. The molecule has 0 aliphatic rings. The zero-order valence-corrected chi connectivity index (χ0v) is 16.8. The highest BCUT2D eigenvalue weighted by Crippen LogP contribution is 2.47. The first-order valence-electron chi connectivity index (χ1n) is 7.72. The van der Waals surface area contributed by atoms with Crippen LogP contribution in [0.2, 0.25) is 20.1 Å². The van der Waals surface area contributed by atoms with Gasteiger partial charge in [-0.2, -0.15) is 0 Å². The molecule has 124 valence electrons. The minimum absolute atomic E-state index is 0.327. The van der Waals surface area contributed by atoms with Gasteiger partial charge >= 0.3 is 0 Å². The Balaban J connectivity index is 2.85. The lowest BCUT2D eigenvalue weighted by atomic mass is 9.89. The number of hydrogen-bond acceptors (Lipinski definition) is 0. The molecule has 0 N–H and O–H groups in total. The van der Waals surface area contributed by atoms with Crippen LogP contribution in [0.1, 0.15) is 42.0 Å². The summed E-state index contributed by atoms with van der Waals surface area (Å²) >= 11 is 25.7. The molecule has 0 nitrogen and oxygen atoms in total. The lowest BCUT2D eigenvalue weighted by Gasteiger charge is -2.20. The van der Waals surface area contributed by atoms with E-state index in [4.69, 9.17) is 46.4 Å². The predicted molar refractivity (Wildman–Crippen MR) is 105 cm³/mol. The van der Waals surface area contributed by atoms with Crippen molar-refractivity contribution in [2.75, 3.05) is 0 Å². The summed E-state index contributed by atoms with van der Waals surface area (Å²) in [6, 6.07) is 4.30. The number of benzene rings is 2. The van der Waals surface area contributed by atoms with E-state index in [1.54, 1.807) is 0 Å². The van der Waals surface area contributed by atoms with Crippen molar-refractivity contribution in [1.29, 1.82) is 0 Å². The maximum absolute atomic E-state index is 6.60. The molecule has 23 heavy (non-hydrogen) atoms. The van der Waals surface area contributed by atoms with E-state index in [0.717, 1.165) is 47.1 Å². The Morgan fingerprint density at radius 2 is 1.26 bits per heavy atom. The van der Waals surface area contributed by atoms with E-state index in [0.29, 0.717) is 20.1 Å². The highest BCUT2D eigenvalue weighted by Gasteiger charge is 2.23. The van der Waals surface area contributed by atoms with Crippen LogP contribution >= 0.6 is 46.4 Å².